The molecule has 36 valence electrons. The van der Waals surface area contributed by atoms with Gasteiger partial charge in [0, 0.05) is 0 Å². The Hall–Kier alpha value is -0.0500. The van der Waals surface area contributed by atoms with Crippen molar-refractivity contribution in [1.82, 2.24) is 0 Å². The fourth-order valence-corrected chi connectivity index (χ4v) is 0.676. The standard InChI is InChI=1S/C6H4.HI/c1-2-5-4-6(5)3-1;/h1-4H;1H. The molecule has 0 fully saturated rings. The molecule has 0 aromatic rings. The minimum atomic E-state index is 0. The molecule has 2 aliphatic carbocycles. The minimum Gasteiger partial charge on any atom is -0.107 e. The Kier molecular flexibility index (Phi) is 1.07. The van der Waals surface area contributed by atoms with Gasteiger partial charge >= 0.3 is 0 Å². The van der Waals surface area contributed by atoms with Gasteiger partial charge in [-0.15, -0.1) is 24.0 Å². The van der Waals surface area contributed by atoms with Gasteiger partial charge in [0.05, 0.1) is 0 Å². The van der Waals surface area contributed by atoms with Gasteiger partial charge < -0.3 is 0 Å². The van der Waals surface area contributed by atoms with Crippen LogP contribution in [-0.4, -0.2) is 0 Å². The SMILES string of the molecule is I.c1cc2cc-2c1. The predicted molar refractivity (Wildman–Crippen MR) is 40.9 cm³/mol. The van der Waals surface area contributed by atoms with E-state index < -0.39 is 0 Å². The molecule has 0 atom stereocenters. The van der Waals surface area contributed by atoms with Crippen LogP contribution in [0.15, 0.2) is 24.3 Å². The van der Waals surface area contributed by atoms with E-state index in [2.05, 4.69) is 24.3 Å². The predicted octanol–water partition coefficient (Wildman–Crippen LogP) is 2.29. The zero-order valence-corrected chi connectivity index (χ0v) is 6.05. The van der Waals surface area contributed by atoms with E-state index in [1.54, 1.807) is 0 Å². The van der Waals surface area contributed by atoms with Crippen molar-refractivity contribution < 1.29 is 0 Å². The molecule has 0 saturated carbocycles. The second-order valence-corrected chi connectivity index (χ2v) is 1.58. The molecule has 2 aliphatic rings. The average Bonchev–Trinajstić information content (AvgIpc) is 2.17. The van der Waals surface area contributed by atoms with Crippen LogP contribution in [0.1, 0.15) is 0 Å². The number of fused-ring (bicyclic) bond motifs is 1. The Morgan fingerprint density at radius 2 is 1.57 bits per heavy atom. The van der Waals surface area contributed by atoms with Crippen molar-refractivity contribution in [3.05, 3.63) is 24.3 Å². The van der Waals surface area contributed by atoms with E-state index in [0.29, 0.717) is 0 Å². The molecular formula is C6H5I. The van der Waals surface area contributed by atoms with Gasteiger partial charge in [-0.1, -0.05) is 18.2 Å². The van der Waals surface area contributed by atoms with Gasteiger partial charge in [-0.2, -0.15) is 0 Å². The van der Waals surface area contributed by atoms with Crippen molar-refractivity contribution >= 4 is 24.0 Å². The first-order valence-corrected chi connectivity index (χ1v) is 2.07. The van der Waals surface area contributed by atoms with Gasteiger partial charge in [0.2, 0.25) is 0 Å². The maximum atomic E-state index is 2.17. The third kappa shape index (κ3) is 0.650. The fourth-order valence-electron chi connectivity index (χ4n) is 0.676. The van der Waals surface area contributed by atoms with Gasteiger partial charge in [-0.3, -0.25) is 0 Å². The molecule has 7 heavy (non-hydrogen) atoms. The number of rotatable bonds is 0. The smallest absolute Gasteiger partial charge is 0.0178 e. The van der Waals surface area contributed by atoms with Crippen LogP contribution in [0.5, 0.6) is 0 Å². The molecule has 0 unspecified atom stereocenters. The zero-order valence-electron chi connectivity index (χ0n) is 3.72. The summed E-state index contributed by atoms with van der Waals surface area (Å²) in [7, 11) is 0. The first-order chi connectivity index (χ1) is 2.97. The van der Waals surface area contributed by atoms with Crippen molar-refractivity contribution in [3.63, 3.8) is 0 Å². The van der Waals surface area contributed by atoms with E-state index in [0.717, 1.165) is 0 Å². The molecule has 0 N–H and O–H groups in total. The molecule has 0 nitrogen and oxygen atoms in total. The summed E-state index contributed by atoms with van der Waals surface area (Å²) in [6.45, 7) is 0. The summed E-state index contributed by atoms with van der Waals surface area (Å²) in [4.78, 5) is 0. The van der Waals surface area contributed by atoms with Crippen molar-refractivity contribution in [2.45, 2.75) is 0 Å². The molecule has 0 spiro atoms. The Bertz CT molecular complexity index is 164. The molecule has 0 aromatic carbocycles. The molecule has 0 bridgehead atoms. The third-order valence-electron chi connectivity index (χ3n) is 1.11. The maximum absolute atomic E-state index is 2.17. The van der Waals surface area contributed by atoms with Crippen molar-refractivity contribution in [2.75, 3.05) is 0 Å². The van der Waals surface area contributed by atoms with E-state index in [1.165, 1.54) is 11.1 Å². The maximum Gasteiger partial charge on any atom is -0.0178 e. The molecule has 1 heteroatoms. The van der Waals surface area contributed by atoms with E-state index in [4.69, 9.17) is 0 Å². The first-order valence-electron chi connectivity index (χ1n) is 2.07. The number of benzene rings is 1. The third-order valence-corrected chi connectivity index (χ3v) is 1.11. The zero-order chi connectivity index (χ0) is 3.98. The van der Waals surface area contributed by atoms with E-state index in [9.17, 15) is 0 Å². The lowest BCUT2D eigenvalue weighted by Crippen LogP contribution is -1.23. The van der Waals surface area contributed by atoms with Crippen LogP contribution < -0.4 is 0 Å². The molecule has 0 aliphatic heterocycles. The lowest BCUT2D eigenvalue weighted by molar-refractivity contribution is 2.01. The van der Waals surface area contributed by atoms with Gasteiger partial charge in [0.25, 0.3) is 0 Å². The van der Waals surface area contributed by atoms with Gasteiger partial charge in [0.15, 0.2) is 0 Å². The highest BCUT2D eigenvalue weighted by Gasteiger charge is 2.06. The highest BCUT2D eigenvalue weighted by atomic mass is 127. The van der Waals surface area contributed by atoms with Crippen LogP contribution in [0.4, 0.5) is 0 Å². The molecule has 0 aromatic heterocycles. The second-order valence-electron chi connectivity index (χ2n) is 1.58. The van der Waals surface area contributed by atoms with E-state index in [1.807, 2.05) is 0 Å². The summed E-state index contributed by atoms with van der Waals surface area (Å²) in [6.07, 6.45) is 0. The lowest BCUT2D eigenvalue weighted by Gasteiger charge is -1.48. The largest absolute Gasteiger partial charge is 0.107 e. The van der Waals surface area contributed by atoms with Crippen LogP contribution in [-0.2, 0) is 0 Å². The summed E-state index contributed by atoms with van der Waals surface area (Å²) in [5.74, 6) is 0. The quantitative estimate of drug-likeness (QED) is 0.577. The van der Waals surface area contributed by atoms with E-state index in [-0.39, 0.29) is 24.0 Å². The Morgan fingerprint density at radius 1 is 1.00 bits per heavy atom. The van der Waals surface area contributed by atoms with E-state index >= 15 is 0 Å². The van der Waals surface area contributed by atoms with Gasteiger partial charge in [0.1, 0.15) is 0 Å². The molecular weight excluding hydrogens is 199 g/mol. The van der Waals surface area contributed by atoms with Crippen LogP contribution in [0.2, 0.25) is 0 Å². The van der Waals surface area contributed by atoms with Crippen LogP contribution >= 0.6 is 24.0 Å². The number of halogens is 1. The Labute approximate surface area is 59.6 Å². The summed E-state index contributed by atoms with van der Waals surface area (Å²) in [5, 5.41) is 0. The average molecular weight is 204 g/mol. The molecule has 0 saturated heterocycles. The van der Waals surface area contributed by atoms with Crippen molar-refractivity contribution in [1.29, 1.82) is 0 Å². The van der Waals surface area contributed by atoms with Crippen LogP contribution in [0.3, 0.4) is 0 Å². The van der Waals surface area contributed by atoms with Gasteiger partial charge in [-0.25, -0.2) is 0 Å². The first kappa shape index (κ1) is 5.09. The monoisotopic (exact) mass is 204 g/mol. The molecule has 0 radical (unpaired) electrons. The topological polar surface area (TPSA) is 0 Å². The molecule has 0 heterocycles. The Morgan fingerprint density at radius 3 is 1.71 bits per heavy atom. The van der Waals surface area contributed by atoms with Crippen molar-refractivity contribution in [3.8, 4) is 11.1 Å². The minimum absolute atomic E-state index is 0. The van der Waals surface area contributed by atoms with Gasteiger partial charge in [-0.05, 0) is 17.2 Å². The summed E-state index contributed by atoms with van der Waals surface area (Å²) in [5.41, 5.74) is 2.85. The Balaban J connectivity index is 0.000000245. The normalized spacial score (nSPS) is 9.71. The molecule has 2 rings (SSSR count). The lowest BCUT2D eigenvalue weighted by atomic mass is 10.6. The van der Waals surface area contributed by atoms with Crippen molar-refractivity contribution in [2.24, 2.45) is 0 Å². The number of hydrogen-bond acceptors (Lipinski definition) is 0. The van der Waals surface area contributed by atoms with Crippen LogP contribution in [0, 0.1) is 0 Å². The summed E-state index contributed by atoms with van der Waals surface area (Å²) < 4.78 is 0. The number of hydrogen-bond donors (Lipinski definition) is 0. The fraction of sp³-hybridized carbons (Fsp3) is 0. The summed E-state index contributed by atoms with van der Waals surface area (Å²) in [6, 6.07) is 8.48. The summed E-state index contributed by atoms with van der Waals surface area (Å²) >= 11 is 0. The van der Waals surface area contributed by atoms with Crippen LogP contribution in [0.25, 0.3) is 11.1 Å². The highest BCUT2D eigenvalue weighted by Crippen LogP contribution is 2.32. The second kappa shape index (κ2) is 1.47. The molecule has 0 amide bonds. The highest BCUT2D eigenvalue weighted by molar-refractivity contribution is 14.0.